The van der Waals surface area contributed by atoms with Gasteiger partial charge in [0.15, 0.2) is 5.58 Å². The van der Waals surface area contributed by atoms with Gasteiger partial charge < -0.3 is 4.42 Å². The van der Waals surface area contributed by atoms with Gasteiger partial charge in [0.2, 0.25) is 15.9 Å². The number of sulfonamides is 1. The second-order valence-corrected chi connectivity index (χ2v) is 9.58. The van der Waals surface area contributed by atoms with E-state index in [1.54, 1.807) is 4.31 Å². The van der Waals surface area contributed by atoms with Crippen molar-refractivity contribution in [2.75, 3.05) is 12.3 Å². The van der Waals surface area contributed by atoms with Crippen molar-refractivity contribution in [3.05, 3.63) is 53.9 Å². The third-order valence-corrected chi connectivity index (χ3v) is 7.31. The number of hydrogen-bond donors (Lipinski definition) is 0. The Bertz CT molecular complexity index is 1090. The first-order chi connectivity index (χ1) is 13.5. The topological polar surface area (TPSA) is 63.4 Å². The fourth-order valence-electron chi connectivity index (χ4n) is 3.86. The van der Waals surface area contributed by atoms with Crippen LogP contribution in [0.5, 0.6) is 0 Å². The van der Waals surface area contributed by atoms with Crippen molar-refractivity contribution in [2.24, 2.45) is 0 Å². The molecule has 1 fully saturated rings. The zero-order chi connectivity index (χ0) is 19.7. The van der Waals surface area contributed by atoms with Crippen molar-refractivity contribution in [1.82, 2.24) is 9.29 Å². The molecule has 4 rings (SSSR count). The third kappa shape index (κ3) is 3.71. The minimum atomic E-state index is -3.28. The number of oxazole rings is 1. The molecule has 6 heteroatoms. The lowest BCUT2D eigenvalue weighted by atomic mass is 10.0. The average Bonchev–Trinajstić information content (AvgIpc) is 3.32. The number of aromatic nitrogens is 1. The van der Waals surface area contributed by atoms with E-state index >= 15 is 0 Å². The molecule has 0 amide bonds. The van der Waals surface area contributed by atoms with Crippen LogP contribution in [0.2, 0.25) is 0 Å². The lowest BCUT2D eigenvalue weighted by Crippen LogP contribution is -2.32. The van der Waals surface area contributed by atoms with Gasteiger partial charge in [-0.1, -0.05) is 49.2 Å². The molecular formula is C22H26N2O3S. The summed E-state index contributed by atoms with van der Waals surface area (Å²) in [6.07, 6.45) is 3.13. The third-order valence-electron chi connectivity index (χ3n) is 5.36. The van der Waals surface area contributed by atoms with Gasteiger partial charge in [0.25, 0.3) is 0 Å². The Labute approximate surface area is 166 Å². The maximum Gasteiger partial charge on any atom is 0.214 e. The quantitative estimate of drug-likeness (QED) is 0.581. The van der Waals surface area contributed by atoms with Gasteiger partial charge in [-0.05, 0) is 49.4 Å². The molecular weight excluding hydrogens is 372 g/mol. The number of nitrogens with zero attached hydrogens (tertiary/aromatic N) is 2. The van der Waals surface area contributed by atoms with Crippen LogP contribution in [0, 0.1) is 6.92 Å². The molecule has 2 heterocycles. The van der Waals surface area contributed by atoms with Crippen molar-refractivity contribution in [3.8, 4) is 11.1 Å². The number of unbranched alkanes of at least 4 members (excludes halogenated alkanes) is 1. The molecule has 0 radical (unpaired) electrons. The van der Waals surface area contributed by atoms with Crippen molar-refractivity contribution in [1.29, 1.82) is 0 Å². The van der Waals surface area contributed by atoms with Gasteiger partial charge in [-0.25, -0.2) is 13.4 Å². The number of hydrogen-bond acceptors (Lipinski definition) is 4. The minimum absolute atomic E-state index is 0.192. The van der Waals surface area contributed by atoms with E-state index in [9.17, 15) is 8.42 Å². The number of fused-ring (bicyclic) bond motifs is 1. The predicted octanol–water partition coefficient (Wildman–Crippen LogP) is 5.07. The van der Waals surface area contributed by atoms with Crippen LogP contribution in [0.1, 0.15) is 50.1 Å². The van der Waals surface area contributed by atoms with Crippen molar-refractivity contribution in [3.63, 3.8) is 0 Å². The van der Waals surface area contributed by atoms with Gasteiger partial charge in [-0.3, -0.25) is 0 Å². The fraction of sp³-hybridized carbons (Fsp3) is 0.409. The summed E-state index contributed by atoms with van der Waals surface area (Å²) < 4.78 is 33.0. The lowest BCUT2D eigenvalue weighted by molar-refractivity contribution is 0.337. The molecule has 2 aromatic carbocycles. The zero-order valence-electron chi connectivity index (χ0n) is 16.4. The van der Waals surface area contributed by atoms with E-state index < -0.39 is 10.0 Å². The second kappa shape index (κ2) is 7.68. The molecule has 28 heavy (non-hydrogen) atoms. The summed E-state index contributed by atoms with van der Waals surface area (Å²) in [5.74, 6) is 0.700. The predicted molar refractivity (Wildman–Crippen MR) is 112 cm³/mol. The van der Waals surface area contributed by atoms with Crippen molar-refractivity contribution >= 4 is 21.1 Å². The van der Waals surface area contributed by atoms with E-state index in [0.717, 1.165) is 35.9 Å². The van der Waals surface area contributed by atoms with Crippen LogP contribution in [-0.2, 0) is 10.0 Å². The number of aryl methyl sites for hydroxylation is 1. The largest absolute Gasteiger partial charge is 0.439 e. The smallest absolute Gasteiger partial charge is 0.214 e. The average molecular weight is 399 g/mol. The summed E-state index contributed by atoms with van der Waals surface area (Å²) in [7, 11) is -3.28. The van der Waals surface area contributed by atoms with E-state index in [1.165, 1.54) is 5.56 Å². The van der Waals surface area contributed by atoms with Crippen LogP contribution in [0.15, 0.2) is 46.9 Å². The molecule has 0 bridgehead atoms. The van der Waals surface area contributed by atoms with Gasteiger partial charge in [0, 0.05) is 6.54 Å². The molecule has 1 unspecified atom stereocenters. The maximum atomic E-state index is 12.7. The standard InChI is InChI=1S/C22H26N2O3S/c1-3-4-13-28(25,26)24-12-6-9-20(24)22-23-19-15-18(10-11-21(19)27-22)17-8-5-7-16(2)14-17/h5,7-8,10-11,14-15,20H,3-4,6,9,12-13H2,1-2H3. The molecule has 0 aliphatic carbocycles. The van der Waals surface area contributed by atoms with Crippen LogP contribution in [-0.4, -0.2) is 30.0 Å². The Morgan fingerprint density at radius 1 is 1.18 bits per heavy atom. The van der Waals surface area contributed by atoms with Gasteiger partial charge in [0.05, 0.1) is 5.75 Å². The molecule has 0 saturated carbocycles. The molecule has 1 aromatic heterocycles. The first kappa shape index (κ1) is 19.2. The summed E-state index contributed by atoms with van der Waals surface area (Å²) >= 11 is 0. The van der Waals surface area contributed by atoms with E-state index in [2.05, 4.69) is 30.1 Å². The van der Waals surface area contributed by atoms with Gasteiger partial charge in [0.1, 0.15) is 11.6 Å². The molecule has 0 N–H and O–H groups in total. The Hall–Kier alpha value is -2.18. The molecule has 1 aliphatic heterocycles. The van der Waals surface area contributed by atoms with Crippen molar-refractivity contribution in [2.45, 2.75) is 45.6 Å². The minimum Gasteiger partial charge on any atom is -0.439 e. The molecule has 148 valence electrons. The summed E-state index contributed by atoms with van der Waals surface area (Å²) in [6.45, 7) is 4.62. The first-order valence-electron chi connectivity index (χ1n) is 9.95. The Kier molecular flexibility index (Phi) is 5.25. The summed E-state index contributed by atoms with van der Waals surface area (Å²) in [4.78, 5) is 4.67. The van der Waals surface area contributed by atoms with Crippen LogP contribution in [0.25, 0.3) is 22.2 Å². The highest BCUT2D eigenvalue weighted by molar-refractivity contribution is 7.89. The van der Waals surface area contributed by atoms with Gasteiger partial charge in [-0.15, -0.1) is 0 Å². The van der Waals surface area contributed by atoms with Crippen LogP contribution < -0.4 is 0 Å². The van der Waals surface area contributed by atoms with Gasteiger partial charge >= 0.3 is 0 Å². The number of benzene rings is 2. The van der Waals surface area contributed by atoms with Crippen LogP contribution in [0.3, 0.4) is 0 Å². The molecule has 1 atom stereocenters. The maximum absolute atomic E-state index is 12.7. The fourth-order valence-corrected chi connectivity index (χ4v) is 5.73. The Balaban J connectivity index is 1.66. The molecule has 3 aromatic rings. The van der Waals surface area contributed by atoms with E-state index in [1.807, 2.05) is 31.2 Å². The molecule has 1 saturated heterocycles. The van der Waals surface area contributed by atoms with E-state index in [-0.39, 0.29) is 11.8 Å². The second-order valence-electron chi connectivity index (χ2n) is 7.54. The SMILES string of the molecule is CCCCS(=O)(=O)N1CCCC1c1nc2cc(-c3cccc(C)c3)ccc2o1. The summed E-state index contributed by atoms with van der Waals surface area (Å²) in [5.41, 5.74) is 4.89. The molecule has 5 nitrogen and oxygen atoms in total. The van der Waals surface area contributed by atoms with Crippen molar-refractivity contribution < 1.29 is 12.8 Å². The molecule has 1 aliphatic rings. The van der Waals surface area contributed by atoms with E-state index in [4.69, 9.17) is 4.42 Å². The highest BCUT2D eigenvalue weighted by atomic mass is 32.2. The monoisotopic (exact) mass is 398 g/mol. The molecule has 0 spiro atoms. The van der Waals surface area contributed by atoms with Gasteiger partial charge in [-0.2, -0.15) is 4.31 Å². The summed E-state index contributed by atoms with van der Waals surface area (Å²) in [6, 6.07) is 14.0. The normalized spacial score (nSPS) is 18.1. The summed E-state index contributed by atoms with van der Waals surface area (Å²) in [5, 5.41) is 0. The highest BCUT2D eigenvalue weighted by Gasteiger charge is 2.37. The first-order valence-corrected chi connectivity index (χ1v) is 11.6. The zero-order valence-corrected chi connectivity index (χ0v) is 17.2. The van der Waals surface area contributed by atoms with Crippen LogP contribution >= 0.6 is 0 Å². The number of rotatable bonds is 6. The Morgan fingerprint density at radius 3 is 2.79 bits per heavy atom. The van der Waals surface area contributed by atoms with E-state index in [0.29, 0.717) is 24.4 Å². The highest BCUT2D eigenvalue weighted by Crippen LogP contribution is 2.36. The Morgan fingerprint density at radius 2 is 2.00 bits per heavy atom. The lowest BCUT2D eigenvalue weighted by Gasteiger charge is -2.21. The van der Waals surface area contributed by atoms with Crippen LogP contribution in [0.4, 0.5) is 0 Å².